The summed E-state index contributed by atoms with van der Waals surface area (Å²) in [5, 5.41) is 36.4. The van der Waals surface area contributed by atoms with Gasteiger partial charge >= 0.3 is 0 Å². The van der Waals surface area contributed by atoms with Crippen LogP contribution in [0.5, 0.6) is 0 Å². The van der Waals surface area contributed by atoms with Crippen LogP contribution in [0.2, 0.25) is 0 Å². The number of aliphatic hydroxyl groups is 4. The first kappa shape index (κ1) is 23.7. The maximum absolute atomic E-state index is 11.4. The fourth-order valence-electron chi connectivity index (χ4n) is 1.94. The molecule has 4 atom stereocenters. The van der Waals surface area contributed by atoms with Crippen LogP contribution in [0.4, 0.5) is 0 Å². The highest BCUT2D eigenvalue weighted by atomic mass is 32.2. The largest absolute Gasteiger partial charge is 0.394 e. The lowest BCUT2D eigenvalue weighted by Crippen LogP contribution is -2.37. The number of rotatable bonds is 13. The molecule has 0 aliphatic carbocycles. The predicted molar refractivity (Wildman–Crippen MR) is 84.1 cm³/mol. The van der Waals surface area contributed by atoms with Gasteiger partial charge in [-0.2, -0.15) is 16.8 Å². The summed E-state index contributed by atoms with van der Waals surface area (Å²) in [7, 11) is -7.91. The fraction of sp³-hybridized carbons (Fsp3) is 1.00. The predicted octanol–water partition coefficient (Wildman–Crippen LogP) is -2.06. The lowest BCUT2D eigenvalue weighted by Gasteiger charge is -2.26. The Morgan fingerprint density at radius 2 is 1.00 bits per heavy atom. The van der Waals surface area contributed by atoms with E-state index in [1.165, 1.54) is 0 Å². The molecule has 0 saturated heterocycles. The molecule has 24 heavy (non-hydrogen) atoms. The van der Waals surface area contributed by atoms with Crippen molar-refractivity contribution in [3.8, 4) is 0 Å². The lowest BCUT2D eigenvalue weighted by atomic mass is 10.0. The molecule has 0 bridgehead atoms. The third-order valence-corrected chi connectivity index (χ3v) is 4.20. The highest BCUT2D eigenvalue weighted by Gasteiger charge is 2.30. The summed E-state index contributed by atoms with van der Waals surface area (Å²) < 4.78 is 55.3. The van der Waals surface area contributed by atoms with Crippen LogP contribution in [0, 0.1) is 0 Å². The van der Waals surface area contributed by atoms with Gasteiger partial charge < -0.3 is 20.4 Å². The van der Waals surface area contributed by atoms with E-state index in [1.54, 1.807) is 0 Å². The highest BCUT2D eigenvalue weighted by molar-refractivity contribution is 7.86. The van der Waals surface area contributed by atoms with Gasteiger partial charge in [-0.25, -0.2) is 0 Å². The molecule has 0 amide bonds. The number of hydrogen-bond acceptors (Lipinski definition) is 10. The average molecular weight is 394 g/mol. The summed E-state index contributed by atoms with van der Waals surface area (Å²) in [6.07, 6.45) is -3.51. The van der Waals surface area contributed by atoms with Crippen LogP contribution in [0.25, 0.3) is 0 Å². The van der Waals surface area contributed by atoms with Crippen molar-refractivity contribution in [1.82, 2.24) is 0 Å². The molecule has 0 aromatic heterocycles. The average Bonchev–Trinajstić information content (AvgIpc) is 2.44. The Morgan fingerprint density at radius 3 is 1.21 bits per heavy atom. The van der Waals surface area contributed by atoms with Gasteiger partial charge in [0.25, 0.3) is 20.2 Å². The normalized spacial score (nSPS) is 18.1. The Morgan fingerprint density at radius 1 is 0.708 bits per heavy atom. The van der Waals surface area contributed by atoms with Crippen molar-refractivity contribution in [3.63, 3.8) is 0 Å². The molecular weight excluding hydrogens is 368 g/mol. The second-order valence-corrected chi connectivity index (χ2v) is 8.71. The van der Waals surface area contributed by atoms with Crippen LogP contribution in [-0.4, -0.2) is 87.4 Å². The molecule has 0 rings (SSSR count). The summed E-state index contributed by atoms with van der Waals surface area (Å²) in [4.78, 5) is 0. The molecule has 0 aliphatic heterocycles. The summed E-state index contributed by atoms with van der Waals surface area (Å²) in [6, 6.07) is 0. The van der Waals surface area contributed by atoms with Crippen molar-refractivity contribution >= 4 is 20.2 Å². The van der Waals surface area contributed by atoms with Crippen molar-refractivity contribution in [1.29, 1.82) is 0 Å². The van der Waals surface area contributed by atoms with E-state index in [9.17, 15) is 27.0 Å². The molecule has 10 nitrogen and oxygen atoms in total. The summed E-state index contributed by atoms with van der Waals surface area (Å²) in [6.45, 7) is -1.10. The Balaban J connectivity index is 5.25. The van der Waals surface area contributed by atoms with E-state index in [1.807, 2.05) is 0 Å². The van der Waals surface area contributed by atoms with Crippen molar-refractivity contribution in [2.24, 2.45) is 0 Å². The van der Waals surface area contributed by atoms with Gasteiger partial charge in [-0.1, -0.05) is 0 Å². The molecule has 0 aliphatic rings. The molecule has 4 N–H and O–H groups in total. The third-order valence-electron chi connectivity index (χ3n) is 3.00. The van der Waals surface area contributed by atoms with E-state index in [2.05, 4.69) is 0 Å². The van der Waals surface area contributed by atoms with E-state index < -0.39 is 57.9 Å². The molecule has 0 heterocycles. The Labute approximate surface area is 142 Å². The zero-order valence-electron chi connectivity index (χ0n) is 13.6. The summed E-state index contributed by atoms with van der Waals surface area (Å²) >= 11 is 0. The second kappa shape index (κ2) is 10.6. The highest BCUT2D eigenvalue weighted by Crippen LogP contribution is 2.21. The van der Waals surface area contributed by atoms with E-state index in [0.717, 1.165) is 12.5 Å². The van der Waals surface area contributed by atoms with Gasteiger partial charge in [-0.15, -0.1) is 0 Å². The minimum atomic E-state index is -3.95. The van der Waals surface area contributed by atoms with Crippen molar-refractivity contribution in [3.05, 3.63) is 0 Å². The van der Waals surface area contributed by atoms with Crippen molar-refractivity contribution < 1.29 is 45.6 Å². The minimum Gasteiger partial charge on any atom is -0.394 e. The SMILES string of the molecule is CS(=O)(=O)O[C@H](CC[C@@H](O)CO)[C@@H](CC[C@@H](O)CO)OS(C)(=O)=O. The molecule has 0 aromatic rings. The van der Waals surface area contributed by atoms with E-state index in [0.29, 0.717) is 0 Å². The zero-order valence-corrected chi connectivity index (χ0v) is 15.2. The molecular formula is C12H26O10S2. The molecule has 0 spiro atoms. The summed E-state index contributed by atoms with van der Waals surface area (Å²) in [5.41, 5.74) is 0. The van der Waals surface area contributed by atoms with Gasteiger partial charge in [0.15, 0.2) is 0 Å². The van der Waals surface area contributed by atoms with Gasteiger partial charge in [0.1, 0.15) is 12.2 Å². The van der Waals surface area contributed by atoms with Crippen LogP contribution in [0.1, 0.15) is 25.7 Å². The molecule has 0 unspecified atom stereocenters. The lowest BCUT2D eigenvalue weighted by molar-refractivity contribution is 0.0175. The van der Waals surface area contributed by atoms with Gasteiger partial charge in [-0.3, -0.25) is 8.37 Å². The van der Waals surface area contributed by atoms with Gasteiger partial charge in [0.05, 0.1) is 37.9 Å². The molecule has 0 radical (unpaired) electrons. The Hall–Kier alpha value is -0.340. The first-order valence-corrected chi connectivity index (χ1v) is 10.9. The maximum atomic E-state index is 11.4. The van der Waals surface area contributed by atoms with E-state index in [-0.39, 0.29) is 25.7 Å². The van der Waals surface area contributed by atoms with Crippen molar-refractivity contribution in [2.45, 2.75) is 50.1 Å². The summed E-state index contributed by atoms with van der Waals surface area (Å²) in [5.74, 6) is 0. The van der Waals surface area contributed by atoms with Gasteiger partial charge in [-0.05, 0) is 25.7 Å². The molecule has 0 fully saturated rings. The van der Waals surface area contributed by atoms with Crippen LogP contribution in [0.15, 0.2) is 0 Å². The number of aliphatic hydroxyl groups excluding tert-OH is 4. The Kier molecular flexibility index (Phi) is 10.5. The van der Waals surface area contributed by atoms with Crippen LogP contribution in [0.3, 0.4) is 0 Å². The zero-order chi connectivity index (χ0) is 19.0. The van der Waals surface area contributed by atoms with Gasteiger partial charge in [0.2, 0.25) is 0 Å². The van der Waals surface area contributed by atoms with Crippen LogP contribution >= 0.6 is 0 Å². The maximum Gasteiger partial charge on any atom is 0.264 e. The van der Waals surface area contributed by atoms with E-state index in [4.69, 9.17) is 18.6 Å². The first-order chi connectivity index (χ1) is 10.9. The van der Waals surface area contributed by atoms with Crippen molar-refractivity contribution in [2.75, 3.05) is 25.7 Å². The smallest absolute Gasteiger partial charge is 0.264 e. The quantitative estimate of drug-likeness (QED) is 0.255. The second-order valence-electron chi connectivity index (χ2n) is 5.51. The monoisotopic (exact) mass is 394 g/mol. The molecule has 0 aromatic carbocycles. The third kappa shape index (κ3) is 12.1. The molecule has 146 valence electrons. The Bertz CT molecular complexity index is 494. The minimum absolute atomic E-state index is 0.0527. The topological polar surface area (TPSA) is 168 Å². The molecule has 12 heteroatoms. The first-order valence-electron chi connectivity index (χ1n) is 7.22. The molecule has 0 saturated carbocycles. The van der Waals surface area contributed by atoms with Crippen LogP contribution in [-0.2, 0) is 28.6 Å². The van der Waals surface area contributed by atoms with E-state index >= 15 is 0 Å². The van der Waals surface area contributed by atoms with Gasteiger partial charge in [0, 0.05) is 0 Å². The number of hydrogen-bond donors (Lipinski definition) is 4. The van der Waals surface area contributed by atoms with Crippen LogP contribution < -0.4 is 0 Å². The fourth-order valence-corrected chi connectivity index (χ4v) is 3.28. The standard InChI is InChI=1S/C12H26O10S2/c1-23(17,18)21-11(5-3-9(15)7-13)12(22-24(2,19)20)6-4-10(16)8-14/h9-16H,3-8H2,1-2H3/t9-,10-,11-,12-/m1/s1.